The molecular formula is C23H29N3O2. The Kier molecular flexibility index (Phi) is 5.84. The van der Waals surface area contributed by atoms with E-state index in [2.05, 4.69) is 38.2 Å². The fourth-order valence-electron chi connectivity index (χ4n) is 3.44. The van der Waals surface area contributed by atoms with Crippen LogP contribution in [0.2, 0.25) is 0 Å². The molecule has 2 aromatic carbocycles. The molecule has 5 nitrogen and oxygen atoms in total. The van der Waals surface area contributed by atoms with E-state index in [4.69, 9.17) is 5.73 Å². The van der Waals surface area contributed by atoms with E-state index in [1.807, 2.05) is 18.2 Å². The van der Waals surface area contributed by atoms with Crippen LogP contribution in [0.15, 0.2) is 54.6 Å². The Labute approximate surface area is 166 Å². The molecule has 1 aliphatic rings. The fraction of sp³-hybridized carbons (Fsp3) is 0.391. The lowest BCUT2D eigenvalue weighted by molar-refractivity contribution is 0.0788. The van der Waals surface area contributed by atoms with Crippen LogP contribution in [0.3, 0.4) is 0 Å². The van der Waals surface area contributed by atoms with E-state index in [1.165, 1.54) is 0 Å². The Hall–Kier alpha value is -2.66. The summed E-state index contributed by atoms with van der Waals surface area (Å²) in [4.78, 5) is 26.9. The van der Waals surface area contributed by atoms with Crippen molar-refractivity contribution in [3.63, 3.8) is 0 Å². The number of hydrogen-bond donors (Lipinski definition) is 2. The second-order valence-electron chi connectivity index (χ2n) is 8.71. The zero-order chi connectivity index (χ0) is 20.3. The number of carbonyl (C=O) groups excluding carboxylic acids is 2. The predicted molar refractivity (Wildman–Crippen MR) is 111 cm³/mol. The van der Waals surface area contributed by atoms with Crippen molar-refractivity contribution in [1.82, 2.24) is 10.2 Å². The predicted octanol–water partition coefficient (Wildman–Crippen LogP) is 3.03. The van der Waals surface area contributed by atoms with E-state index in [0.29, 0.717) is 30.8 Å². The summed E-state index contributed by atoms with van der Waals surface area (Å²) in [6.07, 6.45) is 0. The summed E-state index contributed by atoms with van der Waals surface area (Å²) >= 11 is 0. The summed E-state index contributed by atoms with van der Waals surface area (Å²) in [5, 5.41) is 2.92. The summed E-state index contributed by atoms with van der Waals surface area (Å²) in [7, 11) is 0. The Morgan fingerprint density at radius 3 is 2.21 bits per heavy atom. The molecule has 3 rings (SSSR count). The van der Waals surface area contributed by atoms with Crippen molar-refractivity contribution >= 4 is 11.8 Å². The maximum atomic E-state index is 12.9. The lowest BCUT2D eigenvalue weighted by Crippen LogP contribution is -2.33. The molecule has 0 unspecified atom stereocenters. The molecule has 3 N–H and O–H groups in total. The molecule has 1 heterocycles. The van der Waals surface area contributed by atoms with E-state index in [9.17, 15) is 9.59 Å². The zero-order valence-electron chi connectivity index (χ0n) is 16.8. The zero-order valence-corrected chi connectivity index (χ0v) is 16.8. The van der Waals surface area contributed by atoms with Crippen molar-refractivity contribution in [2.75, 3.05) is 19.6 Å². The smallest absolute Gasteiger partial charge is 0.253 e. The molecule has 1 fully saturated rings. The highest BCUT2D eigenvalue weighted by molar-refractivity contribution is 5.98. The molecule has 0 spiro atoms. The minimum atomic E-state index is -0.124. The second-order valence-corrected chi connectivity index (χ2v) is 8.71. The van der Waals surface area contributed by atoms with Crippen LogP contribution in [0.25, 0.3) is 0 Å². The van der Waals surface area contributed by atoms with Crippen LogP contribution in [0.5, 0.6) is 0 Å². The molecule has 1 saturated heterocycles. The van der Waals surface area contributed by atoms with Gasteiger partial charge in [0.1, 0.15) is 0 Å². The maximum absolute atomic E-state index is 12.9. The molecule has 2 aromatic rings. The number of amides is 2. The van der Waals surface area contributed by atoms with Gasteiger partial charge in [0.05, 0.1) is 0 Å². The minimum absolute atomic E-state index is 0.0232. The van der Waals surface area contributed by atoms with E-state index < -0.39 is 0 Å². The third kappa shape index (κ3) is 4.78. The Morgan fingerprint density at radius 1 is 1.00 bits per heavy atom. The number of likely N-dealkylation sites (tertiary alicyclic amines) is 1. The van der Waals surface area contributed by atoms with Crippen LogP contribution in [-0.4, -0.2) is 42.4 Å². The van der Waals surface area contributed by atoms with Gasteiger partial charge in [0.25, 0.3) is 11.8 Å². The van der Waals surface area contributed by atoms with Crippen molar-refractivity contribution in [3.8, 4) is 0 Å². The van der Waals surface area contributed by atoms with Crippen molar-refractivity contribution in [2.45, 2.75) is 32.7 Å². The van der Waals surface area contributed by atoms with Gasteiger partial charge in [0.15, 0.2) is 0 Å². The first-order chi connectivity index (χ1) is 13.2. The third-order valence-electron chi connectivity index (χ3n) is 5.05. The Morgan fingerprint density at radius 2 is 1.61 bits per heavy atom. The highest BCUT2D eigenvalue weighted by atomic mass is 16.2. The summed E-state index contributed by atoms with van der Waals surface area (Å²) in [5.74, 6) is -0.0237. The highest BCUT2D eigenvalue weighted by Gasteiger charge is 2.34. The Balaban J connectivity index is 1.64. The Bertz CT molecular complexity index is 825. The quantitative estimate of drug-likeness (QED) is 0.857. The van der Waals surface area contributed by atoms with Gasteiger partial charge in [-0.3, -0.25) is 9.59 Å². The van der Waals surface area contributed by atoms with Gasteiger partial charge in [-0.25, -0.2) is 0 Å². The molecule has 1 aliphatic heterocycles. The van der Waals surface area contributed by atoms with Gasteiger partial charge < -0.3 is 16.0 Å². The average Bonchev–Trinajstić information content (AvgIpc) is 3.07. The molecule has 148 valence electrons. The molecule has 28 heavy (non-hydrogen) atoms. The van der Waals surface area contributed by atoms with Gasteiger partial charge in [0.2, 0.25) is 0 Å². The molecule has 0 aliphatic carbocycles. The number of rotatable bonds is 4. The minimum Gasteiger partial charge on any atom is -0.352 e. The van der Waals surface area contributed by atoms with E-state index in [0.717, 1.165) is 5.56 Å². The van der Waals surface area contributed by atoms with Crippen molar-refractivity contribution in [2.24, 2.45) is 11.1 Å². The number of hydrogen-bond acceptors (Lipinski definition) is 3. The number of nitrogens with one attached hydrogen (secondary N) is 1. The van der Waals surface area contributed by atoms with Crippen LogP contribution < -0.4 is 11.1 Å². The van der Waals surface area contributed by atoms with E-state index >= 15 is 0 Å². The van der Waals surface area contributed by atoms with Crippen molar-refractivity contribution < 1.29 is 9.59 Å². The van der Waals surface area contributed by atoms with Gasteiger partial charge >= 0.3 is 0 Å². The average molecular weight is 380 g/mol. The van der Waals surface area contributed by atoms with Gasteiger partial charge in [-0.05, 0) is 35.2 Å². The van der Waals surface area contributed by atoms with E-state index in [1.54, 1.807) is 29.2 Å². The van der Waals surface area contributed by atoms with Gasteiger partial charge in [-0.15, -0.1) is 0 Å². The van der Waals surface area contributed by atoms with Crippen LogP contribution >= 0.6 is 0 Å². The monoisotopic (exact) mass is 379 g/mol. The van der Waals surface area contributed by atoms with Crippen molar-refractivity contribution in [1.29, 1.82) is 0 Å². The topological polar surface area (TPSA) is 75.4 Å². The van der Waals surface area contributed by atoms with Crippen molar-refractivity contribution in [3.05, 3.63) is 71.3 Å². The van der Waals surface area contributed by atoms with Gasteiger partial charge in [-0.2, -0.15) is 0 Å². The standard InChI is InChI=1S/C23H29N3O2/c1-23(2,3)15-25-21(27)17-9-11-18(12-10-17)22(28)26-13-19(20(24)14-26)16-7-5-4-6-8-16/h4-12,19-20H,13-15,24H2,1-3H3,(H,25,27)/t19-,20+/m0/s1. The summed E-state index contributed by atoms with van der Waals surface area (Å²) in [6.45, 7) is 7.94. The highest BCUT2D eigenvalue weighted by Crippen LogP contribution is 2.27. The summed E-state index contributed by atoms with van der Waals surface area (Å²) in [5.41, 5.74) is 8.62. The normalized spacial score (nSPS) is 19.5. The second kappa shape index (κ2) is 8.15. The fourth-order valence-corrected chi connectivity index (χ4v) is 3.44. The first-order valence-corrected chi connectivity index (χ1v) is 9.73. The number of benzene rings is 2. The maximum Gasteiger partial charge on any atom is 0.253 e. The summed E-state index contributed by atoms with van der Waals surface area (Å²) < 4.78 is 0. The molecule has 0 aromatic heterocycles. The first kappa shape index (κ1) is 20.1. The first-order valence-electron chi connectivity index (χ1n) is 9.73. The lowest BCUT2D eigenvalue weighted by atomic mass is 9.95. The SMILES string of the molecule is CC(C)(C)CNC(=O)c1ccc(C(=O)N2C[C@@H](N)[C@H](c3ccccc3)C2)cc1. The third-order valence-corrected chi connectivity index (χ3v) is 5.05. The molecule has 5 heteroatoms. The van der Waals surface area contributed by atoms with Crippen LogP contribution in [-0.2, 0) is 0 Å². The van der Waals surface area contributed by atoms with Gasteiger partial charge in [0, 0.05) is 42.7 Å². The lowest BCUT2D eigenvalue weighted by Gasteiger charge is -2.19. The number of nitrogens with two attached hydrogens (primary N) is 1. The number of carbonyl (C=O) groups is 2. The molecule has 0 saturated carbocycles. The largest absolute Gasteiger partial charge is 0.352 e. The molecule has 2 atom stereocenters. The van der Waals surface area contributed by atoms with E-state index in [-0.39, 0.29) is 29.2 Å². The molecule has 0 radical (unpaired) electrons. The summed E-state index contributed by atoms with van der Waals surface area (Å²) in [6, 6.07) is 16.9. The molecular weight excluding hydrogens is 350 g/mol. The molecule has 0 bridgehead atoms. The van der Waals surface area contributed by atoms with Crippen LogP contribution in [0.4, 0.5) is 0 Å². The number of nitrogens with zero attached hydrogens (tertiary/aromatic N) is 1. The van der Waals surface area contributed by atoms with Crippen LogP contribution in [0.1, 0.15) is 53.0 Å². The molecule has 2 amide bonds. The van der Waals surface area contributed by atoms with Gasteiger partial charge in [-0.1, -0.05) is 51.1 Å². The van der Waals surface area contributed by atoms with Crippen LogP contribution in [0, 0.1) is 5.41 Å².